The number of carbonyl (C=O) groups is 1. The zero-order valence-electron chi connectivity index (χ0n) is 14.2. The molecule has 7 nitrogen and oxygen atoms in total. The van der Waals surface area contributed by atoms with Gasteiger partial charge in [0.15, 0.2) is 11.5 Å². The van der Waals surface area contributed by atoms with Gasteiger partial charge >= 0.3 is 6.18 Å². The Balaban J connectivity index is 1.82. The molecule has 0 aliphatic rings. The first-order valence-electron chi connectivity index (χ1n) is 7.57. The van der Waals surface area contributed by atoms with Gasteiger partial charge in [0, 0.05) is 18.9 Å². The summed E-state index contributed by atoms with van der Waals surface area (Å²) >= 11 is 0. The zero-order valence-corrected chi connectivity index (χ0v) is 14.2. The van der Waals surface area contributed by atoms with E-state index in [1.807, 2.05) is 19.9 Å². The lowest BCUT2D eigenvalue weighted by Crippen LogP contribution is -2.18. The second-order valence-electron chi connectivity index (χ2n) is 5.76. The predicted molar refractivity (Wildman–Crippen MR) is 87.0 cm³/mol. The molecule has 0 saturated heterocycles. The molecular formula is C16H15F3N6O. The van der Waals surface area contributed by atoms with Crippen LogP contribution in [0.4, 0.5) is 18.9 Å². The number of anilines is 1. The molecule has 136 valence electrons. The van der Waals surface area contributed by atoms with Crippen LogP contribution in [0.1, 0.15) is 27.4 Å². The molecule has 0 atom stereocenters. The van der Waals surface area contributed by atoms with Crippen LogP contribution in [0.25, 0.3) is 5.82 Å². The van der Waals surface area contributed by atoms with Crippen molar-refractivity contribution in [3.8, 4) is 5.82 Å². The Morgan fingerprint density at radius 1 is 1.19 bits per heavy atom. The summed E-state index contributed by atoms with van der Waals surface area (Å²) in [5, 5.41) is 10.0. The van der Waals surface area contributed by atoms with E-state index in [0.29, 0.717) is 5.82 Å². The fraction of sp³-hybridized carbons (Fsp3) is 0.250. The summed E-state index contributed by atoms with van der Waals surface area (Å²) in [6, 6.07) is 5.04. The first-order chi connectivity index (χ1) is 12.1. The normalized spacial score (nSPS) is 11.6. The quantitative estimate of drug-likeness (QED) is 0.775. The van der Waals surface area contributed by atoms with Crippen molar-refractivity contribution in [1.82, 2.24) is 24.5 Å². The molecule has 0 aromatic carbocycles. The first kappa shape index (κ1) is 17.6. The van der Waals surface area contributed by atoms with E-state index in [-0.39, 0.29) is 5.69 Å². The highest BCUT2D eigenvalue weighted by Gasteiger charge is 2.39. The number of nitrogens with zero attached hydrogens (tertiary/aromatic N) is 5. The largest absolute Gasteiger partial charge is 0.435 e. The first-order valence-corrected chi connectivity index (χ1v) is 7.57. The van der Waals surface area contributed by atoms with Crippen molar-refractivity contribution in [2.24, 2.45) is 7.05 Å². The highest BCUT2D eigenvalue weighted by atomic mass is 19.4. The van der Waals surface area contributed by atoms with Gasteiger partial charge in [-0.15, -0.1) is 0 Å². The topological polar surface area (TPSA) is 77.6 Å². The van der Waals surface area contributed by atoms with Crippen LogP contribution in [0.5, 0.6) is 0 Å². The Morgan fingerprint density at radius 3 is 2.46 bits per heavy atom. The van der Waals surface area contributed by atoms with Gasteiger partial charge in [-0.05, 0) is 32.0 Å². The molecule has 0 aliphatic carbocycles. The summed E-state index contributed by atoms with van der Waals surface area (Å²) in [5.74, 6) is -0.378. The van der Waals surface area contributed by atoms with E-state index in [1.54, 1.807) is 16.8 Å². The lowest BCUT2D eigenvalue weighted by Gasteiger charge is -2.08. The summed E-state index contributed by atoms with van der Waals surface area (Å²) in [6.07, 6.45) is -2.34. The number of aromatic nitrogens is 5. The number of carbonyl (C=O) groups excluding carboxylic acids is 1. The van der Waals surface area contributed by atoms with Crippen molar-refractivity contribution < 1.29 is 18.0 Å². The smallest absolute Gasteiger partial charge is 0.320 e. The van der Waals surface area contributed by atoms with Crippen LogP contribution in [0.3, 0.4) is 0 Å². The maximum atomic E-state index is 13.0. The van der Waals surface area contributed by atoms with E-state index in [4.69, 9.17) is 0 Å². The van der Waals surface area contributed by atoms with Gasteiger partial charge in [0.1, 0.15) is 0 Å². The molecule has 0 aliphatic heterocycles. The van der Waals surface area contributed by atoms with Gasteiger partial charge in [0.25, 0.3) is 5.91 Å². The fourth-order valence-corrected chi connectivity index (χ4v) is 2.51. The molecule has 3 rings (SSSR count). The van der Waals surface area contributed by atoms with Crippen LogP contribution in [0.2, 0.25) is 0 Å². The standard InChI is InChI=1S/C16H15F3N6O/c1-9-6-10(2)25(22-9)13-5-4-11(7-20-13)21-15(26)12-8-24(3)23-14(12)16(17,18)19/h4-8H,1-3H3,(H,21,26). The van der Waals surface area contributed by atoms with Crippen molar-refractivity contribution in [3.63, 3.8) is 0 Å². The lowest BCUT2D eigenvalue weighted by molar-refractivity contribution is -0.141. The van der Waals surface area contributed by atoms with Crippen molar-refractivity contribution in [2.75, 3.05) is 5.32 Å². The van der Waals surface area contributed by atoms with Crippen LogP contribution in [-0.4, -0.2) is 30.5 Å². The van der Waals surface area contributed by atoms with Gasteiger partial charge in [-0.1, -0.05) is 0 Å². The third-order valence-electron chi connectivity index (χ3n) is 3.57. The fourth-order valence-electron chi connectivity index (χ4n) is 2.51. The monoisotopic (exact) mass is 364 g/mol. The number of halogens is 3. The molecule has 1 amide bonds. The molecule has 10 heteroatoms. The van der Waals surface area contributed by atoms with Crippen molar-refractivity contribution in [1.29, 1.82) is 0 Å². The number of aryl methyl sites for hydroxylation is 3. The number of amides is 1. The Labute approximate surface area is 146 Å². The number of pyridine rings is 1. The average Bonchev–Trinajstić information content (AvgIpc) is 3.10. The second kappa shape index (κ2) is 6.28. The number of nitrogens with one attached hydrogen (secondary N) is 1. The SMILES string of the molecule is Cc1cc(C)n(-c2ccc(NC(=O)c3cn(C)nc3C(F)(F)F)cn2)n1. The van der Waals surface area contributed by atoms with E-state index in [1.165, 1.54) is 13.2 Å². The molecule has 3 aromatic rings. The minimum Gasteiger partial charge on any atom is -0.320 e. The molecule has 0 bridgehead atoms. The molecular weight excluding hydrogens is 349 g/mol. The van der Waals surface area contributed by atoms with Crippen LogP contribution in [0, 0.1) is 13.8 Å². The Hall–Kier alpha value is -3.17. The Kier molecular flexibility index (Phi) is 4.26. The average molecular weight is 364 g/mol. The van der Waals surface area contributed by atoms with Crippen LogP contribution >= 0.6 is 0 Å². The third kappa shape index (κ3) is 3.44. The third-order valence-corrected chi connectivity index (χ3v) is 3.57. The summed E-state index contributed by atoms with van der Waals surface area (Å²) in [7, 11) is 1.32. The van der Waals surface area contributed by atoms with Crippen LogP contribution in [-0.2, 0) is 13.2 Å². The molecule has 0 unspecified atom stereocenters. The van der Waals surface area contributed by atoms with Gasteiger partial charge in [-0.25, -0.2) is 9.67 Å². The highest BCUT2D eigenvalue weighted by Crippen LogP contribution is 2.30. The number of hydrogen-bond donors (Lipinski definition) is 1. The minimum absolute atomic E-state index is 0.261. The molecule has 1 N–H and O–H groups in total. The second-order valence-corrected chi connectivity index (χ2v) is 5.76. The number of alkyl halides is 3. The van der Waals surface area contributed by atoms with E-state index >= 15 is 0 Å². The van der Waals surface area contributed by atoms with Gasteiger partial charge in [-0.2, -0.15) is 23.4 Å². The number of hydrogen-bond acceptors (Lipinski definition) is 4. The highest BCUT2D eigenvalue weighted by molar-refractivity contribution is 6.05. The molecule has 0 spiro atoms. The maximum Gasteiger partial charge on any atom is 0.435 e. The van der Waals surface area contributed by atoms with E-state index in [0.717, 1.165) is 22.3 Å². The molecule has 0 fully saturated rings. The van der Waals surface area contributed by atoms with Gasteiger partial charge in [-0.3, -0.25) is 9.48 Å². The molecule has 0 radical (unpaired) electrons. The minimum atomic E-state index is -4.72. The molecule has 26 heavy (non-hydrogen) atoms. The van der Waals surface area contributed by atoms with E-state index in [2.05, 4.69) is 20.5 Å². The maximum absolute atomic E-state index is 13.0. The summed E-state index contributed by atoms with van der Waals surface area (Å²) < 4.78 is 41.5. The van der Waals surface area contributed by atoms with Crippen LogP contribution < -0.4 is 5.32 Å². The Bertz CT molecular complexity index is 956. The predicted octanol–water partition coefficient (Wildman–Crippen LogP) is 2.89. The van der Waals surface area contributed by atoms with Gasteiger partial charge in [0.2, 0.25) is 0 Å². The van der Waals surface area contributed by atoms with Crippen LogP contribution in [0.15, 0.2) is 30.6 Å². The molecule has 0 saturated carbocycles. The zero-order chi connectivity index (χ0) is 19.1. The van der Waals surface area contributed by atoms with E-state index in [9.17, 15) is 18.0 Å². The number of rotatable bonds is 3. The van der Waals surface area contributed by atoms with Crippen molar-refractivity contribution in [3.05, 3.63) is 53.2 Å². The van der Waals surface area contributed by atoms with Crippen molar-refractivity contribution in [2.45, 2.75) is 20.0 Å². The molecule has 3 aromatic heterocycles. The van der Waals surface area contributed by atoms with E-state index < -0.39 is 23.3 Å². The summed E-state index contributed by atoms with van der Waals surface area (Å²) in [4.78, 5) is 16.4. The molecule has 3 heterocycles. The van der Waals surface area contributed by atoms with Crippen molar-refractivity contribution >= 4 is 11.6 Å². The van der Waals surface area contributed by atoms with Gasteiger partial charge in [0.05, 0.1) is 23.1 Å². The summed E-state index contributed by atoms with van der Waals surface area (Å²) in [6.45, 7) is 3.72. The summed E-state index contributed by atoms with van der Waals surface area (Å²) in [5.41, 5.74) is 0.194. The Morgan fingerprint density at radius 2 is 1.92 bits per heavy atom. The van der Waals surface area contributed by atoms with Gasteiger partial charge < -0.3 is 5.32 Å². The lowest BCUT2D eigenvalue weighted by atomic mass is 10.2.